The second-order valence-electron chi connectivity index (χ2n) is 4.35. The molecule has 6 nitrogen and oxygen atoms in total. The molecule has 1 aromatic heterocycles. The van der Waals surface area contributed by atoms with Gasteiger partial charge >= 0.3 is 5.97 Å². The zero-order valence-corrected chi connectivity index (χ0v) is 11.4. The van der Waals surface area contributed by atoms with Crippen LogP contribution in [0.1, 0.15) is 20.3 Å². The van der Waals surface area contributed by atoms with Crippen molar-refractivity contribution in [3.05, 3.63) is 23.5 Å². The van der Waals surface area contributed by atoms with Crippen LogP contribution in [0, 0.1) is 0 Å². The summed E-state index contributed by atoms with van der Waals surface area (Å²) in [6.45, 7) is 2.95. The van der Waals surface area contributed by atoms with Gasteiger partial charge in [-0.05, 0) is 26.0 Å². The van der Waals surface area contributed by atoms with Crippen LogP contribution in [0.3, 0.4) is 0 Å². The summed E-state index contributed by atoms with van der Waals surface area (Å²) < 4.78 is 26.3. The van der Waals surface area contributed by atoms with Crippen molar-refractivity contribution in [2.75, 3.05) is 0 Å². The number of nitrogens with one attached hydrogen (secondary N) is 1. The number of nitrogens with zero attached hydrogens (tertiary/aromatic N) is 1. The van der Waals surface area contributed by atoms with Crippen LogP contribution in [-0.4, -0.2) is 30.0 Å². The van der Waals surface area contributed by atoms with Crippen molar-refractivity contribution in [3.8, 4) is 0 Å². The number of pyridine rings is 1. The zero-order chi connectivity index (χ0) is 14.0. The fourth-order valence-corrected chi connectivity index (χ4v) is 3.27. The number of hydrogen-bond donors (Lipinski definition) is 2. The van der Waals surface area contributed by atoms with Gasteiger partial charge in [0, 0.05) is 11.7 Å². The van der Waals surface area contributed by atoms with Crippen LogP contribution in [0.5, 0.6) is 0 Å². The maximum Gasteiger partial charge on any atom is 0.305 e. The van der Waals surface area contributed by atoms with Crippen molar-refractivity contribution in [2.24, 2.45) is 0 Å². The summed E-state index contributed by atoms with van der Waals surface area (Å²) in [6, 6.07) is 2.74. The minimum Gasteiger partial charge on any atom is -0.481 e. The number of sulfonamides is 1. The van der Waals surface area contributed by atoms with Crippen LogP contribution in [-0.2, 0) is 14.8 Å². The molecule has 2 N–H and O–H groups in total. The van der Waals surface area contributed by atoms with Gasteiger partial charge in [0.05, 0.1) is 6.42 Å². The van der Waals surface area contributed by atoms with E-state index in [-0.39, 0.29) is 16.5 Å². The SMILES string of the molecule is CC(C)(CC(=O)O)NS(=O)(=O)c1cccnc1Cl. The Balaban J connectivity index is 3.03. The predicted molar refractivity (Wildman–Crippen MR) is 65.9 cm³/mol. The normalized spacial score (nSPS) is 12.4. The topological polar surface area (TPSA) is 96.4 Å². The average molecular weight is 293 g/mol. The van der Waals surface area contributed by atoms with Gasteiger partial charge in [-0.1, -0.05) is 11.6 Å². The molecule has 0 atom stereocenters. The van der Waals surface area contributed by atoms with E-state index in [4.69, 9.17) is 16.7 Å². The molecule has 100 valence electrons. The lowest BCUT2D eigenvalue weighted by Gasteiger charge is -2.23. The fourth-order valence-electron chi connectivity index (χ4n) is 1.40. The molecule has 1 rings (SSSR count). The molecule has 0 saturated carbocycles. The Morgan fingerprint density at radius 2 is 2.17 bits per heavy atom. The molecule has 0 fully saturated rings. The number of halogens is 1. The van der Waals surface area contributed by atoms with Gasteiger partial charge in [0.15, 0.2) is 0 Å². The Morgan fingerprint density at radius 3 is 2.67 bits per heavy atom. The number of carboxylic acids is 1. The number of hydrogen-bond acceptors (Lipinski definition) is 4. The first-order valence-corrected chi connectivity index (χ1v) is 6.86. The van der Waals surface area contributed by atoms with E-state index in [1.54, 1.807) is 0 Å². The number of aliphatic carboxylic acids is 1. The van der Waals surface area contributed by atoms with E-state index in [0.717, 1.165) is 0 Å². The maximum atomic E-state index is 12.0. The lowest BCUT2D eigenvalue weighted by atomic mass is 10.0. The van der Waals surface area contributed by atoms with Crippen LogP contribution in [0.15, 0.2) is 23.2 Å². The van der Waals surface area contributed by atoms with E-state index in [2.05, 4.69) is 9.71 Å². The highest BCUT2D eigenvalue weighted by Crippen LogP contribution is 2.20. The molecule has 0 radical (unpaired) electrons. The van der Waals surface area contributed by atoms with Gasteiger partial charge < -0.3 is 5.11 Å². The van der Waals surface area contributed by atoms with Gasteiger partial charge in [-0.3, -0.25) is 4.79 Å². The van der Waals surface area contributed by atoms with Gasteiger partial charge in [-0.15, -0.1) is 0 Å². The van der Waals surface area contributed by atoms with Gasteiger partial charge in [0.25, 0.3) is 0 Å². The summed E-state index contributed by atoms with van der Waals surface area (Å²) in [4.78, 5) is 14.1. The number of rotatable bonds is 5. The molecule has 1 aromatic rings. The van der Waals surface area contributed by atoms with Crippen molar-refractivity contribution in [3.63, 3.8) is 0 Å². The van der Waals surface area contributed by atoms with Gasteiger partial charge in [-0.25, -0.2) is 18.1 Å². The number of carbonyl (C=O) groups is 1. The molecule has 0 aliphatic rings. The third-order valence-electron chi connectivity index (χ3n) is 2.02. The molecular formula is C10H13ClN2O4S. The quantitative estimate of drug-likeness (QED) is 0.797. The van der Waals surface area contributed by atoms with Crippen molar-refractivity contribution >= 4 is 27.6 Å². The molecule has 0 unspecified atom stereocenters. The average Bonchev–Trinajstić information content (AvgIpc) is 2.13. The van der Waals surface area contributed by atoms with Crippen LogP contribution < -0.4 is 4.72 Å². The Labute approximate surface area is 110 Å². The third-order valence-corrected chi connectivity index (χ3v) is 4.16. The van der Waals surface area contributed by atoms with Crippen molar-refractivity contribution in [1.82, 2.24) is 9.71 Å². The lowest BCUT2D eigenvalue weighted by Crippen LogP contribution is -2.44. The minimum absolute atomic E-state index is 0.156. The highest BCUT2D eigenvalue weighted by molar-refractivity contribution is 7.89. The van der Waals surface area contributed by atoms with E-state index in [1.807, 2.05) is 0 Å². The fraction of sp³-hybridized carbons (Fsp3) is 0.400. The first-order chi connectivity index (χ1) is 8.14. The van der Waals surface area contributed by atoms with E-state index < -0.39 is 21.5 Å². The maximum absolute atomic E-state index is 12.0. The summed E-state index contributed by atoms with van der Waals surface area (Å²) in [5.74, 6) is -1.10. The summed E-state index contributed by atoms with van der Waals surface area (Å²) in [5.41, 5.74) is -1.12. The second kappa shape index (κ2) is 5.21. The molecule has 0 bridgehead atoms. The zero-order valence-electron chi connectivity index (χ0n) is 9.84. The molecule has 0 saturated heterocycles. The first kappa shape index (κ1) is 14.9. The second-order valence-corrected chi connectivity index (χ2v) is 6.36. The Kier molecular flexibility index (Phi) is 4.31. The van der Waals surface area contributed by atoms with Crippen molar-refractivity contribution < 1.29 is 18.3 Å². The van der Waals surface area contributed by atoms with Crippen molar-refractivity contribution in [2.45, 2.75) is 30.7 Å². The summed E-state index contributed by atoms with van der Waals surface area (Å²) in [7, 11) is -3.90. The molecule has 1 heterocycles. The molecule has 0 spiro atoms. The van der Waals surface area contributed by atoms with Gasteiger partial charge in [-0.2, -0.15) is 0 Å². The molecule has 0 aliphatic carbocycles. The van der Waals surface area contributed by atoms with Crippen LogP contribution in [0.25, 0.3) is 0 Å². The van der Waals surface area contributed by atoms with Crippen LogP contribution >= 0.6 is 11.6 Å². The standard InChI is InChI=1S/C10H13ClN2O4S/c1-10(2,6-8(14)15)13-18(16,17)7-4-3-5-12-9(7)11/h3-5,13H,6H2,1-2H3,(H,14,15). The van der Waals surface area contributed by atoms with Crippen LogP contribution in [0.4, 0.5) is 0 Å². The third kappa shape index (κ3) is 3.94. The molecule has 0 aromatic carbocycles. The van der Waals surface area contributed by atoms with Crippen LogP contribution in [0.2, 0.25) is 5.15 Å². The Hall–Kier alpha value is -1.18. The smallest absolute Gasteiger partial charge is 0.305 e. The van der Waals surface area contributed by atoms with E-state index in [9.17, 15) is 13.2 Å². The summed E-state index contributed by atoms with van der Waals surface area (Å²) >= 11 is 5.70. The highest BCUT2D eigenvalue weighted by Gasteiger charge is 2.29. The molecular weight excluding hydrogens is 280 g/mol. The Bertz CT molecular complexity index is 557. The lowest BCUT2D eigenvalue weighted by molar-refractivity contribution is -0.138. The predicted octanol–water partition coefficient (Wildman–Crippen LogP) is 1.27. The number of carboxylic acid groups (broad SMARTS) is 1. The molecule has 18 heavy (non-hydrogen) atoms. The van der Waals surface area contributed by atoms with Crippen molar-refractivity contribution in [1.29, 1.82) is 0 Å². The van der Waals surface area contributed by atoms with Gasteiger partial charge in [0.2, 0.25) is 10.0 Å². The molecule has 8 heteroatoms. The largest absolute Gasteiger partial charge is 0.481 e. The molecule has 0 amide bonds. The first-order valence-electron chi connectivity index (χ1n) is 5.00. The minimum atomic E-state index is -3.90. The summed E-state index contributed by atoms with van der Waals surface area (Å²) in [5, 5.41) is 8.54. The van der Waals surface area contributed by atoms with Gasteiger partial charge in [0.1, 0.15) is 10.0 Å². The monoisotopic (exact) mass is 292 g/mol. The molecule has 0 aliphatic heterocycles. The van der Waals surface area contributed by atoms with E-state index in [1.165, 1.54) is 32.2 Å². The number of aromatic nitrogens is 1. The van der Waals surface area contributed by atoms with E-state index in [0.29, 0.717) is 0 Å². The Morgan fingerprint density at radius 1 is 1.56 bits per heavy atom. The highest BCUT2D eigenvalue weighted by atomic mass is 35.5. The summed E-state index contributed by atoms with van der Waals surface area (Å²) in [6.07, 6.45) is 1.02. The van der Waals surface area contributed by atoms with E-state index >= 15 is 0 Å².